The van der Waals surface area contributed by atoms with Crippen molar-refractivity contribution in [3.8, 4) is 0 Å². The van der Waals surface area contributed by atoms with Crippen molar-refractivity contribution in [1.29, 1.82) is 0 Å². The van der Waals surface area contributed by atoms with Gasteiger partial charge in [0.05, 0.1) is 5.60 Å². The Kier molecular flexibility index (Phi) is 2.74. The van der Waals surface area contributed by atoms with Crippen LogP contribution < -0.4 is 0 Å². The molecule has 0 bridgehead atoms. The first kappa shape index (κ1) is 12.2. The normalized spacial score (nSPS) is 34.3. The van der Waals surface area contributed by atoms with E-state index in [0.29, 0.717) is 0 Å². The molecule has 0 aliphatic heterocycles. The molecule has 0 aromatic carbocycles. The Labute approximate surface area is 109 Å². The first-order chi connectivity index (χ1) is 8.55. The summed E-state index contributed by atoms with van der Waals surface area (Å²) in [5, 5.41) is 11.3. The molecule has 0 saturated heterocycles. The van der Waals surface area contributed by atoms with Gasteiger partial charge in [0, 0.05) is 17.8 Å². The fraction of sp³-hybridized carbons (Fsp3) is 0.688. The maximum Gasteiger partial charge on any atom is 0.0781 e. The van der Waals surface area contributed by atoms with Gasteiger partial charge in [-0.1, -0.05) is 19.9 Å². The van der Waals surface area contributed by atoms with Crippen LogP contribution in [-0.4, -0.2) is 15.7 Å². The fourth-order valence-corrected chi connectivity index (χ4v) is 4.07. The molecule has 2 aliphatic rings. The molecule has 1 N–H and O–H groups in total. The zero-order valence-electron chi connectivity index (χ0n) is 11.4. The van der Waals surface area contributed by atoms with Crippen LogP contribution in [0.5, 0.6) is 0 Å². The Balaban J connectivity index is 2.04. The van der Waals surface area contributed by atoms with Gasteiger partial charge in [-0.3, -0.25) is 4.98 Å². The van der Waals surface area contributed by atoms with E-state index in [1.807, 2.05) is 12.3 Å². The minimum absolute atomic E-state index is 0.0177. The second-order valence-electron chi connectivity index (χ2n) is 6.65. The van der Waals surface area contributed by atoms with Crippen LogP contribution >= 0.6 is 0 Å². The summed E-state index contributed by atoms with van der Waals surface area (Å²) in [6.45, 7) is 4.44. The number of aliphatic hydroxyl groups is 1. The highest BCUT2D eigenvalue weighted by molar-refractivity contribution is 5.30. The van der Waals surface area contributed by atoms with Crippen molar-refractivity contribution in [3.63, 3.8) is 0 Å². The molecule has 2 atom stereocenters. The van der Waals surface area contributed by atoms with Crippen LogP contribution in [0.1, 0.15) is 63.1 Å². The maximum atomic E-state index is 11.3. The second-order valence-corrected chi connectivity index (χ2v) is 6.65. The van der Waals surface area contributed by atoms with Crippen molar-refractivity contribution in [3.05, 3.63) is 29.6 Å². The molecular formula is C16H23NO. The van der Waals surface area contributed by atoms with E-state index in [1.54, 1.807) is 0 Å². The summed E-state index contributed by atoms with van der Waals surface area (Å²) in [6.07, 6.45) is 8.47. The third-order valence-corrected chi connectivity index (χ3v) is 5.30. The van der Waals surface area contributed by atoms with Gasteiger partial charge in [-0.15, -0.1) is 0 Å². The summed E-state index contributed by atoms with van der Waals surface area (Å²) in [6, 6.07) is 4.20. The van der Waals surface area contributed by atoms with Gasteiger partial charge in [0.25, 0.3) is 0 Å². The van der Waals surface area contributed by atoms with Gasteiger partial charge in [0.15, 0.2) is 0 Å². The first-order valence-corrected chi connectivity index (χ1v) is 7.21. The van der Waals surface area contributed by atoms with Crippen LogP contribution in [-0.2, 0) is 6.42 Å². The molecule has 1 aromatic heterocycles. The molecule has 0 radical (unpaired) electrons. The number of rotatable bonds is 1. The van der Waals surface area contributed by atoms with Gasteiger partial charge in [-0.05, 0) is 55.6 Å². The van der Waals surface area contributed by atoms with Crippen molar-refractivity contribution in [2.24, 2.45) is 5.41 Å². The highest BCUT2D eigenvalue weighted by atomic mass is 16.3. The van der Waals surface area contributed by atoms with Crippen molar-refractivity contribution in [2.75, 3.05) is 0 Å². The number of hydrogen-bond donors (Lipinski definition) is 1. The lowest BCUT2D eigenvalue weighted by Gasteiger charge is -2.44. The summed E-state index contributed by atoms with van der Waals surface area (Å²) in [7, 11) is 0. The van der Waals surface area contributed by atoms with Crippen LogP contribution in [0, 0.1) is 5.41 Å². The molecule has 1 fully saturated rings. The summed E-state index contributed by atoms with van der Waals surface area (Å²) < 4.78 is 0. The van der Waals surface area contributed by atoms with E-state index in [9.17, 15) is 5.11 Å². The van der Waals surface area contributed by atoms with E-state index in [2.05, 4.69) is 24.9 Å². The number of aromatic nitrogens is 1. The second kappa shape index (κ2) is 4.06. The smallest absolute Gasteiger partial charge is 0.0781 e. The average Bonchev–Trinajstić information content (AvgIpc) is 2.64. The number of pyridine rings is 1. The van der Waals surface area contributed by atoms with E-state index < -0.39 is 5.60 Å². The predicted molar refractivity (Wildman–Crippen MR) is 72.5 cm³/mol. The lowest BCUT2D eigenvalue weighted by Crippen LogP contribution is -2.46. The van der Waals surface area contributed by atoms with E-state index in [0.717, 1.165) is 32.1 Å². The summed E-state index contributed by atoms with van der Waals surface area (Å²) in [5.74, 6) is 0.236. The summed E-state index contributed by atoms with van der Waals surface area (Å²) >= 11 is 0. The zero-order valence-corrected chi connectivity index (χ0v) is 11.4. The molecule has 2 nitrogen and oxygen atoms in total. The van der Waals surface area contributed by atoms with Gasteiger partial charge in [-0.2, -0.15) is 0 Å². The predicted octanol–water partition coefficient (Wildman–Crippen LogP) is 3.44. The topological polar surface area (TPSA) is 33.1 Å². The lowest BCUT2D eigenvalue weighted by atomic mass is 9.65. The minimum Gasteiger partial charge on any atom is -0.389 e. The van der Waals surface area contributed by atoms with Gasteiger partial charge in [-0.25, -0.2) is 0 Å². The van der Waals surface area contributed by atoms with Crippen molar-refractivity contribution in [1.82, 2.24) is 4.98 Å². The highest BCUT2D eigenvalue weighted by Crippen LogP contribution is 2.55. The Hall–Kier alpha value is -0.890. The minimum atomic E-state index is -0.559. The fourth-order valence-electron chi connectivity index (χ4n) is 4.07. The molecule has 2 unspecified atom stereocenters. The molecule has 2 aliphatic carbocycles. The highest BCUT2D eigenvalue weighted by Gasteiger charge is 2.53. The largest absolute Gasteiger partial charge is 0.389 e. The van der Waals surface area contributed by atoms with Crippen molar-refractivity contribution >= 4 is 0 Å². The molecule has 18 heavy (non-hydrogen) atoms. The van der Waals surface area contributed by atoms with E-state index in [-0.39, 0.29) is 11.3 Å². The monoisotopic (exact) mass is 245 g/mol. The molecule has 2 heteroatoms. The quantitative estimate of drug-likeness (QED) is 0.822. The molecule has 1 saturated carbocycles. The van der Waals surface area contributed by atoms with Crippen LogP contribution in [0.4, 0.5) is 0 Å². The van der Waals surface area contributed by atoms with Gasteiger partial charge < -0.3 is 5.11 Å². The van der Waals surface area contributed by atoms with E-state index >= 15 is 0 Å². The van der Waals surface area contributed by atoms with E-state index in [4.69, 9.17) is 0 Å². The molecule has 3 rings (SSSR count). The number of aryl methyl sites for hydroxylation is 1. The molecule has 1 aromatic rings. The molecule has 0 spiro atoms. The van der Waals surface area contributed by atoms with Crippen LogP contribution in [0.15, 0.2) is 18.3 Å². The molecule has 98 valence electrons. The molecule has 0 amide bonds. The number of nitrogens with zero attached hydrogens (tertiary/aromatic N) is 1. The first-order valence-electron chi connectivity index (χ1n) is 7.21. The Morgan fingerprint density at radius 2 is 2.11 bits per heavy atom. The average molecular weight is 245 g/mol. The van der Waals surface area contributed by atoms with Crippen molar-refractivity contribution < 1.29 is 5.11 Å². The van der Waals surface area contributed by atoms with Crippen LogP contribution in [0.2, 0.25) is 0 Å². The Morgan fingerprint density at radius 1 is 1.28 bits per heavy atom. The van der Waals surface area contributed by atoms with Crippen LogP contribution in [0.25, 0.3) is 0 Å². The standard InChI is InChI=1S/C16H23NO/c1-15(2)9-5-10-16(15,18)13-8-3-6-12-7-4-11-17-14(12)13/h4,7,11,13,18H,3,5-6,8-10H2,1-2H3. The van der Waals surface area contributed by atoms with Gasteiger partial charge in [0.2, 0.25) is 0 Å². The SMILES string of the molecule is CC1(C)CCCC1(O)C1CCCc2cccnc21. The van der Waals surface area contributed by atoms with E-state index in [1.165, 1.54) is 17.7 Å². The summed E-state index contributed by atoms with van der Waals surface area (Å²) in [5.41, 5.74) is 1.98. The maximum absolute atomic E-state index is 11.3. The lowest BCUT2D eigenvalue weighted by molar-refractivity contribution is -0.0706. The molecular weight excluding hydrogens is 222 g/mol. The zero-order chi connectivity index (χ0) is 12.8. The Bertz CT molecular complexity index is 454. The third-order valence-electron chi connectivity index (χ3n) is 5.30. The van der Waals surface area contributed by atoms with Crippen LogP contribution in [0.3, 0.4) is 0 Å². The van der Waals surface area contributed by atoms with Gasteiger partial charge in [0.1, 0.15) is 0 Å². The summed E-state index contributed by atoms with van der Waals surface area (Å²) in [4.78, 5) is 4.60. The number of fused-ring (bicyclic) bond motifs is 1. The third kappa shape index (κ3) is 1.62. The molecule has 1 heterocycles. The Morgan fingerprint density at radius 3 is 2.83 bits per heavy atom. The van der Waals surface area contributed by atoms with Gasteiger partial charge >= 0.3 is 0 Å². The number of hydrogen-bond acceptors (Lipinski definition) is 2. The van der Waals surface area contributed by atoms with Crippen molar-refractivity contribution in [2.45, 2.75) is 63.9 Å².